The highest BCUT2D eigenvalue weighted by Crippen LogP contribution is 2.76. The Kier molecular flexibility index (Phi) is 9.80. The average molecular weight is 687 g/mol. The molecule has 0 aromatic heterocycles. The van der Waals surface area contributed by atoms with E-state index in [1.54, 1.807) is 39.8 Å². The van der Waals surface area contributed by atoms with Crippen molar-refractivity contribution in [2.45, 2.75) is 138 Å². The van der Waals surface area contributed by atoms with Gasteiger partial charge in [0.05, 0.1) is 36.9 Å². The Balaban J connectivity index is 1.69. The van der Waals surface area contributed by atoms with E-state index in [0.717, 1.165) is 24.8 Å². The fraction of sp³-hybridized carbons (Fsp3) is 0.800. The zero-order valence-electron chi connectivity index (χ0n) is 31.4. The summed E-state index contributed by atoms with van der Waals surface area (Å²) in [7, 11) is 0. The molecule has 0 heterocycles. The van der Waals surface area contributed by atoms with E-state index >= 15 is 0 Å². The van der Waals surface area contributed by atoms with Crippen molar-refractivity contribution in [1.29, 1.82) is 0 Å². The molecule has 13 atom stereocenters. The second kappa shape index (κ2) is 12.6. The fourth-order valence-corrected chi connectivity index (χ4v) is 12.0. The highest BCUT2D eigenvalue weighted by Gasteiger charge is 2.76. The van der Waals surface area contributed by atoms with Crippen LogP contribution < -0.4 is 0 Å². The number of hydrogen-bond donors (Lipinski definition) is 5. The number of fused-ring (bicyclic) bond motifs is 7. The second-order valence-electron chi connectivity index (χ2n) is 17.9. The molecule has 5 aliphatic rings. The molecule has 5 aliphatic carbocycles. The van der Waals surface area contributed by atoms with Gasteiger partial charge in [-0.25, -0.2) is 9.59 Å². The monoisotopic (exact) mass is 686 g/mol. The quantitative estimate of drug-likeness (QED) is 0.147. The summed E-state index contributed by atoms with van der Waals surface area (Å²) in [6, 6.07) is 0. The summed E-state index contributed by atoms with van der Waals surface area (Å²) in [6.45, 7) is 18.6. The molecule has 13 unspecified atom stereocenters. The molecule has 0 aromatic rings. The molecule has 276 valence electrons. The molecule has 5 N–H and O–H groups in total. The lowest BCUT2D eigenvalue weighted by Gasteiger charge is -2.73. The van der Waals surface area contributed by atoms with E-state index in [1.165, 1.54) is 0 Å². The lowest BCUT2D eigenvalue weighted by Crippen LogP contribution is -2.76. The van der Waals surface area contributed by atoms with Gasteiger partial charge in [0.1, 0.15) is 6.10 Å². The molecule has 0 aliphatic heterocycles. The van der Waals surface area contributed by atoms with Crippen molar-refractivity contribution in [2.24, 2.45) is 50.2 Å². The number of hydrogen-bond acceptors (Lipinski definition) is 9. The molecule has 0 radical (unpaired) electrons. The Hall–Kier alpha value is -2.04. The zero-order valence-corrected chi connectivity index (χ0v) is 31.4. The van der Waals surface area contributed by atoms with E-state index in [1.807, 2.05) is 20.8 Å². The van der Waals surface area contributed by atoms with Gasteiger partial charge in [-0.3, -0.25) is 0 Å². The first kappa shape index (κ1) is 38.2. The van der Waals surface area contributed by atoms with Crippen LogP contribution in [0.5, 0.6) is 0 Å². The first-order valence-electron chi connectivity index (χ1n) is 18.4. The van der Waals surface area contributed by atoms with Crippen molar-refractivity contribution >= 4 is 11.9 Å². The van der Waals surface area contributed by atoms with Crippen LogP contribution in [-0.2, 0) is 19.1 Å². The molecule has 49 heavy (non-hydrogen) atoms. The predicted octanol–water partition coefficient (Wildman–Crippen LogP) is 5.03. The molecule has 9 nitrogen and oxygen atoms in total. The number of esters is 2. The third kappa shape index (κ3) is 5.02. The molecule has 0 bridgehead atoms. The molecule has 0 amide bonds. The second-order valence-corrected chi connectivity index (χ2v) is 17.9. The van der Waals surface area contributed by atoms with Gasteiger partial charge in [0.2, 0.25) is 0 Å². The maximum atomic E-state index is 13.5. The van der Waals surface area contributed by atoms with Crippen molar-refractivity contribution < 1.29 is 44.6 Å². The van der Waals surface area contributed by atoms with Crippen molar-refractivity contribution in [2.75, 3.05) is 13.2 Å². The molecule has 0 spiro atoms. The molecule has 9 heteroatoms. The molecular weight excluding hydrogens is 624 g/mol. The van der Waals surface area contributed by atoms with Gasteiger partial charge in [-0.1, -0.05) is 65.3 Å². The maximum absolute atomic E-state index is 13.5. The van der Waals surface area contributed by atoms with E-state index < -0.39 is 82.1 Å². The number of rotatable bonds is 6. The third-order valence-corrected chi connectivity index (χ3v) is 15.5. The number of carbonyl (C=O) groups excluding carboxylic acids is 2. The largest absolute Gasteiger partial charge is 0.454 e. The maximum Gasteiger partial charge on any atom is 0.333 e. The van der Waals surface area contributed by atoms with Crippen LogP contribution in [-0.4, -0.2) is 81.2 Å². The first-order chi connectivity index (χ1) is 22.7. The average Bonchev–Trinajstić information content (AvgIpc) is 3.06. The van der Waals surface area contributed by atoms with Crippen LogP contribution >= 0.6 is 0 Å². The van der Waals surface area contributed by atoms with Gasteiger partial charge < -0.3 is 35.0 Å². The number of ether oxygens (including phenoxy) is 2. The third-order valence-electron chi connectivity index (χ3n) is 15.5. The van der Waals surface area contributed by atoms with Crippen LogP contribution in [0.1, 0.15) is 108 Å². The van der Waals surface area contributed by atoms with Crippen LogP contribution in [0, 0.1) is 50.2 Å². The van der Waals surface area contributed by atoms with E-state index in [9.17, 15) is 35.1 Å². The van der Waals surface area contributed by atoms with Crippen LogP contribution in [0.4, 0.5) is 0 Å². The fourth-order valence-electron chi connectivity index (χ4n) is 12.0. The van der Waals surface area contributed by atoms with Gasteiger partial charge in [-0.05, 0) is 94.8 Å². The smallest absolute Gasteiger partial charge is 0.333 e. The summed E-state index contributed by atoms with van der Waals surface area (Å²) in [5, 5.41) is 58.4. The van der Waals surface area contributed by atoms with Crippen molar-refractivity contribution in [3.05, 3.63) is 34.9 Å². The van der Waals surface area contributed by atoms with E-state index in [2.05, 4.69) is 26.8 Å². The lowest BCUT2D eigenvalue weighted by atomic mass is 9.32. The Labute approximate surface area is 292 Å². The summed E-state index contributed by atoms with van der Waals surface area (Å²) in [4.78, 5) is 26.8. The Morgan fingerprint density at radius 3 is 1.92 bits per heavy atom. The number of allylic oxidation sites excluding steroid dienone is 3. The van der Waals surface area contributed by atoms with E-state index in [4.69, 9.17) is 9.47 Å². The van der Waals surface area contributed by atoms with Gasteiger partial charge in [-0.2, -0.15) is 0 Å². The standard InChI is InChI=1S/C40H62O9/c1-11-22(3)33(46)48-31-32(49-34(47)23(4)12-2)40(21-42)25(19-35(31,5)6)24-13-14-27-36(7)17-16-28(43)37(8,20-41)26(36)15-18-38(27,9)39(24,10)29(44)30(40)45/h11-13,25-32,41-45H,14-21H2,1-10H3. The topological polar surface area (TPSA) is 154 Å². The molecular formula is C40H62O9. The van der Waals surface area contributed by atoms with Crippen LogP contribution in [0.25, 0.3) is 0 Å². The van der Waals surface area contributed by atoms with Crippen molar-refractivity contribution in [1.82, 2.24) is 0 Å². The molecule has 0 saturated heterocycles. The molecule has 5 rings (SSSR count). The summed E-state index contributed by atoms with van der Waals surface area (Å²) in [5.74, 6) is -1.55. The molecule has 0 aromatic carbocycles. The Morgan fingerprint density at radius 2 is 1.39 bits per heavy atom. The summed E-state index contributed by atoms with van der Waals surface area (Å²) in [5.41, 5.74) is -2.90. The van der Waals surface area contributed by atoms with Gasteiger partial charge >= 0.3 is 11.9 Å². The minimum atomic E-state index is -1.56. The Morgan fingerprint density at radius 1 is 0.816 bits per heavy atom. The minimum Gasteiger partial charge on any atom is -0.454 e. The van der Waals surface area contributed by atoms with E-state index in [0.29, 0.717) is 30.4 Å². The Bertz CT molecular complexity index is 1430. The number of aliphatic hydroxyl groups is 5. The highest BCUT2D eigenvalue weighted by atomic mass is 16.6. The predicted molar refractivity (Wildman–Crippen MR) is 186 cm³/mol. The summed E-state index contributed by atoms with van der Waals surface area (Å²) < 4.78 is 12.4. The molecule has 4 saturated carbocycles. The van der Waals surface area contributed by atoms with Crippen molar-refractivity contribution in [3.8, 4) is 0 Å². The summed E-state index contributed by atoms with van der Waals surface area (Å²) >= 11 is 0. The minimum absolute atomic E-state index is 0.0795. The molecule has 4 fully saturated rings. The normalized spacial score (nSPS) is 47.9. The lowest BCUT2D eigenvalue weighted by molar-refractivity contribution is -0.293. The van der Waals surface area contributed by atoms with Crippen LogP contribution in [0.3, 0.4) is 0 Å². The van der Waals surface area contributed by atoms with Gasteiger partial charge in [0, 0.05) is 27.4 Å². The number of carbonyl (C=O) groups is 2. The SMILES string of the molecule is CC=C(C)C(=O)OC1C(OC(=O)C(C)=CC)C2(CO)C(CC1(C)C)C1=CCC3C4(C)CCC(O)C(C)(CO)C4CCC3(C)C1(C)C(O)C2O. The van der Waals surface area contributed by atoms with Gasteiger partial charge in [-0.15, -0.1) is 0 Å². The van der Waals surface area contributed by atoms with Crippen LogP contribution in [0.15, 0.2) is 34.9 Å². The van der Waals surface area contributed by atoms with E-state index in [-0.39, 0.29) is 23.9 Å². The summed E-state index contributed by atoms with van der Waals surface area (Å²) in [6.07, 6.45) is 3.73. The highest BCUT2D eigenvalue weighted by molar-refractivity contribution is 5.88. The van der Waals surface area contributed by atoms with Gasteiger partial charge in [0.15, 0.2) is 6.10 Å². The van der Waals surface area contributed by atoms with Crippen LogP contribution in [0.2, 0.25) is 0 Å². The number of aliphatic hydroxyl groups excluding tert-OH is 5. The zero-order chi connectivity index (χ0) is 36.7. The van der Waals surface area contributed by atoms with Crippen molar-refractivity contribution in [3.63, 3.8) is 0 Å². The first-order valence-corrected chi connectivity index (χ1v) is 18.4. The van der Waals surface area contributed by atoms with Gasteiger partial charge in [0.25, 0.3) is 0 Å².